The van der Waals surface area contributed by atoms with E-state index in [-0.39, 0.29) is 18.4 Å². The zero-order chi connectivity index (χ0) is 22.4. The van der Waals surface area contributed by atoms with Crippen LogP contribution in [0, 0.1) is 5.82 Å². The number of hydrogen-bond acceptors (Lipinski definition) is 3. The van der Waals surface area contributed by atoms with Crippen LogP contribution in [0.2, 0.25) is 0 Å². The predicted octanol–water partition coefficient (Wildman–Crippen LogP) is 4.28. The Morgan fingerprint density at radius 2 is 1.77 bits per heavy atom. The van der Waals surface area contributed by atoms with E-state index < -0.39 is 23.8 Å². The molecular formula is C22H25F4N3O2. The third-order valence-electron chi connectivity index (χ3n) is 5.24. The quantitative estimate of drug-likeness (QED) is 0.661. The van der Waals surface area contributed by atoms with Crippen molar-refractivity contribution >= 4 is 6.03 Å². The first kappa shape index (κ1) is 23.0. The normalized spacial score (nSPS) is 17.1. The van der Waals surface area contributed by atoms with Crippen LogP contribution in [0.1, 0.15) is 35.7 Å². The van der Waals surface area contributed by atoms with Crippen LogP contribution in [0.15, 0.2) is 48.5 Å². The highest BCUT2D eigenvalue weighted by Gasteiger charge is 2.31. The summed E-state index contributed by atoms with van der Waals surface area (Å²) in [5.74, 6) is -0.363. The van der Waals surface area contributed by atoms with E-state index in [9.17, 15) is 22.4 Å². The Morgan fingerprint density at radius 1 is 1.10 bits per heavy atom. The minimum atomic E-state index is -4.45. The van der Waals surface area contributed by atoms with Crippen molar-refractivity contribution in [1.82, 2.24) is 15.5 Å². The lowest BCUT2D eigenvalue weighted by molar-refractivity contribution is -0.137. The number of benzene rings is 2. The molecule has 0 radical (unpaired) electrons. The first-order valence-corrected chi connectivity index (χ1v) is 10.0. The van der Waals surface area contributed by atoms with Crippen LogP contribution in [0.4, 0.5) is 22.4 Å². The molecule has 0 spiro atoms. The number of ether oxygens (including phenoxy) is 1. The van der Waals surface area contributed by atoms with Crippen molar-refractivity contribution in [2.45, 2.75) is 25.2 Å². The fourth-order valence-electron chi connectivity index (χ4n) is 3.57. The maximum absolute atomic E-state index is 13.7. The van der Waals surface area contributed by atoms with Crippen molar-refractivity contribution in [3.63, 3.8) is 0 Å². The molecule has 2 aromatic rings. The highest BCUT2D eigenvalue weighted by molar-refractivity contribution is 5.74. The van der Waals surface area contributed by atoms with Crippen molar-refractivity contribution in [2.75, 3.05) is 32.8 Å². The van der Waals surface area contributed by atoms with Gasteiger partial charge in [0.05, 0.1) is 30.9 Å². The number of rotatable bonds is 6. The molecular weight excluding hydrogens is 414 g/mol. The monoisotopic (exact) mass is 439 g/mol. The molecule has 5 nitrogen and oxygen atoms in total. The van der Waals surface area contributed by atoms with E-state index in [1.165, 1.54) is 24.3 Å². The first-order chi connectivity index (χ1) is 14.7. The molecule has 2 atom stereocenters. The van der Waals surface area contributed by atoms with Crippen LogP contribution in [-0.4, -0.2) is 43.8 Å². The van der Waals surface area contributed by atoms with Gasteiger partial charge in [-0.1, -0.05) is 24.3 Å². The molecule has 31 heavy (non-hydrogen) atoms. The summed E-state index contributed by atoms with van der Waals surface area (Å²) in [6, 6.07) is 9.67. The van der Waals surface area contributed by atoms with Gasteiger partial charge in [-0.2, -0.15) is 13.2 Å². The summed E-state index contributed by atoms with van der Waals surface area (Å²) in [5, 5.41) is 5.43. The van der Waals surface area contributed by atoms with Gasteiger partial charge in [-0.25, -0.2) is 9.18 Å². The van der Waals surface area contributed by atoms with E-state index in [1.807, 2.05) is 0 Å². The number of carbonyl (C=O) groups is 1. The SMILES string of the molecule is CC(NC(=O)NCC(c1cccc(F)c1)N1CCOCC1)c1cccc(C(F)(F)F)c1. The van der Waals surface area contributed by atoms with Gasteiger partial charge in [0, 0.05) is 19.6 Å². The summed E-state index contributed by atoms with van der Waals surface area (Å²) >= 11 is 0. The minimum absolute atomic E-state index is 0.213. The molecule has 1 heterocycles. The zero-order valence-electron chi connectivity index (χ0n) is 17.1. The third-order valence-corrected chi connectivity index (χ3v) is 5.24. The molecule has 2 amide bonds. The lowest BCUT2D eigenvalue weighted by Crippen LogP contribution is -2.46. The summed E-state index contributed by atoms with van der Waals surface area (Å²) in [6.07, 6.45) is -4.45. The molecule has 2 N–H and O–H groups in total. The fourth-order valence-corrected chi connectivity index (χ4v) is 3.57. The topological polar surface area (TPSA) is 53.6 Å². The number of hydrogen-bond donors (Lipinski definition) is 2. The van der Waals surface area contributed by atoms with Crippen molar-refractivity contribution in [1.29, 1.82) is 0 Å². The number of morpholine rings is 1. The molecule has 2 unspecified atom stereocenters. The Labute approximate surface area is 178 Å². The molecule has 1 aliphatic heterocycles. The average molecular weight is 439 g/mol. The average Bonchev–Trinajstić information content (AvgIpc) is 2.74. The third kappa shape index (κ3) is 6.41. The Morgan fingerprint density at radius 3 is 2.45 bits per heavy atom. The molecule has 1 saturated heterocycles. The maximum atomic E-state index is 13.7. The van der Waals surface area contributed by atoms with Gasteiger partial charge in [0.25, 0.3) is 0 Å². The molecule has 0 aliphatic carbocycles. The largest absolute Gasteiger partial charge is 0.416 e. The van der Waals surface area contributed by atoms with Crippen molar-refractivity contribution in [3.05, 3.63) is 71.0 Å². The first-order valence-electron chi connectivity index (χ1n) is 10.0. The van der Waals surface area contributed by atoms with Gasteiger partial charge in [0.15, 0.2) is 0 Å². The standard InChI is InChI=1S/C22H25F4N3O2/c1-15(16-4-2-6-18(12-16)22(24,25)26)28-21(30)27-14-20(29-8-10-31-11-9-29)17-5-3-7-19(23)13-17/h2-7,12-13,15,20H,8-11,14H2,1H3,(H2,27,28,30). The molecule has 0 saturated carbocycles. The summed E-state index contributed by atoms with van der Waals surface area (Å²) in [6.45, 7) is 4.21. The zero-order valence-corrected chi connectivity index (χ0v) is 17.1. The van der Waals surface area contributed by atoms with E-state index in [0.29, 0.717) is 31.9 Å². The summed E-state index contributed by atoms with van der Waals surface area (Å²) < 4.78 is 57.9. The van der Waals surface area contributed by atoms with E-state index in [1.54, 1.807) is 19.1 Å². The fraction of sp³-hybridized carbons (Fsp3) is 0.409. The molecule has 0 bridgehead atoms. The van der Waals surface area contributed by atoms with Crippen LogP contribution < -0.4 is 10.6 Å². The number of nitrogens with one attached hydrogen (secondary N) is 2. The van der Waals surface area contributed by atoms with Gasteiger partial charge in [0.1, 0.15) is 5.82 Å². The van der Waals surface area contributed by atoms with Gasteiger partial charge in [-0.3, -0.25) is 4.90 Å². The van der Waals surface area contributed by atoms with Crippen molar-refractivity contribution in [3.8, 4) is 0 Å². The number of amides is 2. The summed E-state index contributed by atoms with van der Waals surface area (Å²) in [5.41, 5.74) is 0.311. The highest BCUT2D eigenvalue weighted by Crippen LogP contribution is 2.30. The Kier molecular flexibility index (Phi) is 7.50. The van der Waals surface area contributed by atoms with E-state index in [4.69, 9.17) is 4.74 Å². The second-order valence-electron chi connectivity index (χ2n) is 7.42. The van der Waals surface area contributed by atoms with E-state index in [2.05, 4.69) is 15.5 Å². The smallest absolute Gasteiger partial charge is 0.379 e. The molecule has 0 aromatic heterocycles. The van der Waals surface area contributed by atoms with Crippen LogP contribution in [-0.2, 0) is 10.9 Å². The molecule has 168 valence electrons. The minimum Gasteiger partial charge on any atom is -0.379 e. The van der Waals surface area contributed by atoms with E-state index >= 15 is 0 Å². The maximum Gasteiger partial charge on any atom is 0.416 e. The van der Waals surface area contributed by atoms with Crippen molar-refractivity contribution < 1.29 is 27.1 Å². The molecule has 1 aliphatic rings. The summed E-state index contributed by atoms with van der Waals surface area (Å²) in [7, 11) is 0. The highest BCUT2D eigenvalue weighted by atomic mass is 19.4. The van der Waals surface area contributed by atoms with Crippen LogP contribution in [0.5, 0.6) is 0 Å². The lowest BCUT2D eigenvalue weighted by atomic mass is 10.0. The predicted molar refractivity (Wildman–Crippen MR) is 108 cm³/mol. The number of carbonyl (C=O) groups excluding carboxylic acids is 1. The number of urea groups is 1. The number of alkyl halides is 3. The van der Waals surface area contributed by atoms with Gasteiger partial charge < -0.3 is 15.4 Å². The Bertz CT molecular complexity index is 885. The van der Waals surface area contributed by atoms with Crippen LogP contribution >= 0.6 is 0 Å². The van der Waals surface area contributed by atoms with Crippen LogP contribution in [0.3, 0.4) is 0 Å². The van der Waals surface area contributed by atoms with E-state index in [0.717, 1.165) is 17.7 Å². The Balaban J connectivity index is 1.64. The molecule has 3 rings (SSSR count). The molecule has 9 heteroatoms. The van der Waals surface area contributed by atoms with Gasteiger partial charge in [-0.05, 0) is 42.3 Å². The number of halogens is 4. The second-order valence-corrected chi connectivity index (χ2v) is 7.42. The number of nitrogens with zero attached hydrogens (tertiary/aromatic N) is 1. The van der Waals surface area contributed by atoms with Gasteiger partial charge >= 0.3 is 12.2 Å². The van der Waals surface area contributed by atoms with Gasteiger partial charge in [0.2, 0.25) is 0 Å². The molecule has 2 aromatic carbocycles. The second kappa shape index (κ2) is 10.1. The van der Waals surface area contributed by atoms with Gasteiger partial charge in [-0.15, -0.1) is 0 Å². The van der Waals surface area contributed by atoms with Crippen molar-refractivity contribution in [2.24, 2.45) is 0 Å². The lowest BCUT2D eigenvalue weighted by Gasteiger charge is -2.35. The van der Waals surface area contributed by atoms with Crippen LogP contribution in [0.25, 0.3) is 0 Å². The summed E-state index contributed by atoms with van der Waals surface area (Å²) in [4.78, 5) is 14.5. The Hall–Kier alpha value is -2.65. The molecule has 1 fully saturated rings.